The van der Waals surface area contributed by atoms with Gasteiger partial charge in [0.05, 0.1) is 16.7 Å². The molecule has 0 radical (unpaired) electrons. The number of aryl methyl sites for hydroxylation is 1. The minimum absolute atomic E-state index is 0.148. The average Bonchev–Trinajstić information content (AvgIpc) is 2.99. The first-order chi connectivity index (χ1) is 11.2. The summed E-state index contributed by atoms with van der Waals surface area (Å²) in [6.45, 7) is 2.09. The fourth-order valence-electron chi connectivity index (χ4n) is 2.80. The molecule has 120 valence electrons. The normalized spacial score (nSPS) is 17.0. The summed E-state index contributed by atoms with van der Waals surface area (Å²) < 4.78 is 14.4. The van der Waals surface area contributed by atoms with Crippen LogP contribution in [0.2, 0.25) is 0 Å². The molecule has 2 aromatic heterocycles. The summed E-state index contributed by atoms with van der Waals surface area (Å²) in [5.41, 5.74) is 1.93. The standard InChI is InChI=1S/C17H18BrFN4/c1-2-4-12-9-13(19)11-21-16(12)10-14-6-8-22-23(14)17-15(18)5-3-7-20-17/h3,5,7-9,11,14H,2,4,6,10H2,1H3. The van der Waals surface area contributed by atoms with Gasteiger partial charge in [0.15, 0.2) is 5.82 Å². The second kappa shape index (κ2) is 7.17. The van der Waals surface area contributed by atoms with E-state index in [4.69, 9.17) is 0 Å². The highest BCUT2D eigenvalue weighted by Gasteiger charge is 2.26. The van der Waals surface area contributed by atoms with Gasteiger partial charge < -0.3 is 0 Å². The van der Waals surface area contributed by atoms with Crippen LogP contribution in [-0.4, -0.2) is 22.2 Å². The molecule has 2 aromatic rings. The molecule has 1 atom stereocenters. The lowest BCUT2D eigenvalue weighted by atomic mass is 10.0. The Balaban J connectivity index is 1.84. The van der Waals surface area contributed by atoms with E-state index in [0.717, 1.165) is 47.2 Å². The molecule has 1 aliphatic rings. The van der Waals surface area contributed by atoms with Crippen molar-refractivity contribution in [3.8, 4) is 0 Å². The molecule has 1 unspecified atom stereocenters. The van der Waals surface area contributed by atoms with E-state index in [2.05, 4.69) is 37.9 Å². The van der Waals surface area contributed by atoms with Crippen molar-refractivity contribution >= 4 is 28.0 Å². The monoisotopic (exact) mass is 376 g/mol. The van der Waals surface area contributed by atoms with Gasteiger partial charge in [-0.3, -0.25) is 4.98 Å². The maximum Gasteiger partial charge on any atom is 0.163 e. The highest BCUT2D eigenvalue weighted by Crippen LogP contribution is 2.29. The first-order valence-electron chi connectivity index (χ1n) is 7.74. The number of halogens is 2. The zero-order valence-electron chi connectivity index (χ0n) is 12.9. The number of aromatic nitrogens is 2. The lowest BCUT2D eigenvalue weighted by Gasteiger charge is -2.24. The Labute approximate surface area is 143 Å². The van der Waals surface area contributed by atoms with Crippen LogP contribution in [0.25, 0.3) is 0 Å². The summed E-state index contributed by atoms with van der Waals surface area (Å²) in [7, 11) is 0. The Morgan fingerprint density at radius 1 is 1.39 bits per heavy atom. The molecule has 6 heteroatoms. The van der Waals surface area contributed by atoms with Crippen molar-refractivity contribution in [2.75, 3.05) is 5.01 Å². The molecule has 3 rings (SSSR count). The highest BCUT2D eigenvalue weighted by atomic mass is 79.9. The van der Waals surface area contributed by atoms with Crippen molar-refractivity contribution in [2.45, 2.75) is 38.6 Å². The topological polar surface area (TPSA) is 41.4 Å². The van der Waals surface area contributed by atoms with Crippen LogP contribution in [0.4, 0.5) is 10.2 Å². The van der Waals surface area contributed by atoms with Gasteiger partial charge in [0.2, 0.25) is 0 Å². The molecule has 0 saturated carbocycles. The van der Waals surface area contributed by atoms with Gasteiger partial charge in [-0.1, -0.05) is 13.3 Å². The highest BCUT2D eigenvalue weighted by molar-refractivity contribution is 9.10. The fourth-order valence-corrected chi connectivity index (χ4v) is 3.23. The number of nitrogens with zero attached hydrogens (tertiary/aromatic N) is 4. The number of hydrogen-bond acceptors (Lipinski definition) is 4. The van der Waals surface area contributed by atoms with Crippen LogP contribution in [0.5, 0.6) is 0 Å². The largest absolute Gasteiger partial charge is 0.258 e. The lowest BCUT2D eigenvalue weighted by molar-refractivity contribution is 0.602. The van der Waals surface area contributed by atoms with Crippen LogP contribution in [0.1, 0.15) is 31.0 Å². The summed E-state index contributed by atoms with van der Waals surface area (Å²) in [5, 5.41) is 6.37. The van der Waals surface area contributed by atoms with E-state index < -0.39 is 0 Å². The fraction of sp³-hybridized carbons (Fsp3) is 0.353. The van der Waals surface area contributed by atoms with Gasteiger partial charge in [-0.05, 0) is 46.1 Å². The minimum Gasteiger partial charge on any atom is -0.258 e. The van der Waals surface area contributed by atoms with Crippen LogP contribution in [0, 0.1) is 5.82 Å². The number of anilines is 1. The van der Waals surface area contributed by atoms with Crippen LogP contribution in [0.3, 0.4) is 0 Å². The first-order valence-corrected chi connectivity index (χ1v) is 8.53. The van der Waals surface area contributed by atoms with E-state index in [9.17, 15) is 4.39 Å². The smallest absolute Gasteiger partial charge is 0.163 e. The summed E-state index contributed by atoms with van der Waals surface area (Å²) in [5.74, 6) is 0.523. The van der Waals surface area contributed by atoms with Crippen LogP contribution < -0.4 is 5.01 Å². The summed E-state index contributed by atoms with van der Waals surface area (Å²) in [6.07, 6.45) is 8.30. The van der Waals surface area contributed by atoms with Crippen molar-refractivity contribution in [1.29, 1.82) is 0 Å². The molecule has 4 nitrogen and oxygen atoms in total. The van der Waals surface area contributed by atoms with Crippen LogP contribution in [0.15, 0.2) is 40.2 Å². The van der Waals surface area contributed by atoms with E-state index in [0.29, 0.717) is 0 Å². The van der Waals surface area contributed by atoms with Gasteiger partial charge in [0, 0.05) is 30.9 Å². The third kappa shape index (κ3) is 3.58. The zero-order chi connectivity index (χ0) is 16.2. The third-order valence-corrected chi connectivity index (χ3v) is 4.48. The third-order valence-electron chi connectivity index (χ3n) is 3.86. The summed E-state index contributed by atoms with van der Waals surface area (Å²) in [4.78, 5) is 8.73. The van der Waals surface area contributed by atoms with Gasteiger partial charge >= 0.3 is 0 Å². The van der Waals surface area contributed by atoms with E-state index in [1.165, 1.54) is 6.20 Å². The average molecular weight is 377 g/mol. The zero-order valence-corrected chi connectivity index (χ0v) is 14.5. The number of pyridine rings is 2. The number of rotatable bonds is 5. The minimum atomic E-state index is -0.274. The molecule has 0 aromatic carbocycles. The molecule has 0 N–H and O–H groups in total. The molecule has 23 heavy (non-hydrogen) atoms. The predicted octanol–water partition coefficient (Wildman–Crippen LogP) is 4.14. The van der Waals surface area contributed by atoms with E-state index >= 15 is 0 Å². The second-order valence-corrected chi connectivity index (χ2v) is 6.41. The first kappa shape index (κ1) is 16.1. The molecule has 0 spiro atoms. The van der Waals surface area contributed by atoms with E-state index in [1.807, 2.05) is 23.4 Å². The van der Waals surface area contributed by atoms with Gasteiger partial charge in [0.1, 0.15) is 5.82 Å². The summed E-state index contributed by atoms with van der Waals surface area (Å²) in [6, 6.07) is 5.58. The Morgan fingerprint density at radius 3 is 3.04 bits per heavy atom. The van der Waals surface area contributed by atoms with Gasteiger partial charge in [0.25, 0.3) is 0 Å². The maximum atomic E-state index is 13.5. The Hall–Kier alpha value is -1.82. The molecular formula is C17H18BrFN4. The van der Waals surface area contributed by atoms with Crippen molar-refractivity contribution in [3.63, 3.8) is 0 Å². The molecule has 0 amide bonds. The van der Waals surface area contributed by atoms with E-state index in [1.54, 1.807) is 12.3 Å². The molecule has 3 heterocycles. The molecule has 0 bridgehead atoms. The molecule has 0 saturated heterocycles. The second-order valence-electron chi connectivity index (χ2n) is 5.55. The lowest BCUT2D eigenvalue weighted by Crippen LogP contribution is -2.30. The van der Waals surface area contributed by atoms with Crippen LogP contribution in [-0.2, 0) is 12.8 Å². The molecule has 0 aliphatic carbocycles. The Morgan fingerprint density at radius 2 is 2.26 bits per heavy atom. The van der Waals surface area contributed by atoms with Gasteiger partial charge in [-0.15, -0.1) is 0 Å². The van der Waals surface area contributed by atoms with Gasteiger partial charge in [-0.2, -0.15) is 5.10 Å². The SMILES string of the molecule is CCCc1cc(F)cnc1CC1CC=NN1c1ncccc1Br. The molecular weight excluding hydrogens is 359 g/mol. The van der Waals surface area contributed by atoms with Crippen LogP contribution >= 0.6 is 15.9 Å². The quantitative estimate of drug-likeness (QED) is 0.787. The van der Waals surface area contributed by atoms with Gasteiger partial charge in [-0.25, -0.2) is 14.4 Å². The Kier molecular flexibility index (Phi) is 5.00. The van der Waals surface area contributed by atoms with Crippen molar-refractivity contribution in [3.05, 3.63) is 52.1 Å². The maximum absolute atomic E-state index is 13.5. The van der Waals surface area contributed by atoms with Crippen molar-refractivity contribution in [1.82, 2.24) is 9.97 Å². The number of hydrogen-bond donors (Lipinski definition) is 0. The molecule has 1 aliphatic heterocycles. The van der Waals surface area contributed by atoms with E-state index in [-0.39, 0.29) is 11.9 Å². The number of hydrazone groups is 1. The van der Waals surface area contributed by atoms with Crippen molar-refractivity contribution < 1.29 is 4.39 Å². The van der Waals surface area contributed by atoms with Crippen molar-refractivity contribution in [2.24, 2.45) is 5.10 Å². The predicted molar refractivity (Wildman–Crippen MR) is 93.2 cm³/mol. The Bertz CT molecular complexity index is 719. The summed E-state index contributed by atoms with van der Waals surface area (Å²) >= 11 is 3.52. The molecule has 0 fully saturated rings.